The first-order chi connectivity index (χ1) is 6.31. The third-order valence-electron chi connectivity index (χ3n) is 2.16. The Labute approximate surface area is 77.1 Å². The Kier molecular flexibility index (Phi) is 1.98. The third kappa shape index (κ3) is 1.40. The van der Waals surface area contributed by atoms with Crippen LogP contribution in [-0.4, -0.2) is 19.8 Å². The normalized spacial score (nSPS) is 15.0. The zero-order valence-electron chi connectivity index (χ0n) is 7.36. The molecule has 4 heteroatoms. The topological polar surface area (TPSA) is 64.5 Å². The molecule has 0 radical (unpaired) electrons. The van der Waals surface area contributed by atoms with E-state index in [4.69, 9.17) is 16.2 Å². The van der Waals surface area contributed by atoms with E-state index in [-0.39, 0.29) is 0 Å². The summed E-state index contributed by atoms with van der Waals surface area (Å²) in [5.74, 6) is 0.830. The van der Waals surface area contributed by atoms with Gasteiger partial charge in [0.15, 0.2) is 0 Å². The number of nitrogens with two attached hydrogens (primary N) is 2. The van der Waals surface area contributed by atoms with Crippen LogP contribution in [0.15, 0.2) is 18.2 Å². The van der Waals surface area contributed by atoms with Crippen LogP contribution in [0.3, 0.4) is 0 Å². The molecule has 4 N–H and O–H groups in total. The average molecular weight is 179 g/mol. The van der Waals surface area contributed by atoms with Crippen molar-refractivity contribution in [3.63, 3.8) is 0 Å². The van der Waals surface area contributed by atoms with E-state index in [1.165, 1.54) is 0 Å². The number of nitrogens with zero attached hydrogens (tertiary/aromatic N) is 1. The van der Waals surface area contributed by atoms with Crippen molar-refractivity contribution >= 4 is 11.4 Å². The molecule has 13 heavy (non-hydrogen) atoms. The number of hydrogen-bond acceptors (Lipinski definition) is 4. The maximum Gasteiger partial charge on any atom is 0.144 e. The van der Waals surface area contributed by atoms with Crippen LogP contribution in [0.25, 0.3) is 0 Å². The van der Waals surface area contributed by atoms with E-state index in [1.54, 1.807) is 0 Å². The summed E-state index contributed by atoms with van der Waals surface area (Å²) < 4.78 is 5.46. The van der Waals surface area contributed by atoms with Crippen molar-refractivity contribution in [3.05, 3.63) is 18.2 Å². The van der Waals surface area contributed by atoms with Crippen molar-refractivity contribution < 1.29 is 4.74 Å². The smallest absolute Gasteiger partial charge is 0.144 e. The Balaban J connectivity index is 2.40. The largest absolute Gasteiger partial charge is 0.489 e. The molecule has 1 heterocycles. The Morgan fingerprint density at radius 1 is 1.46 bits per heavy atom. The Morgan fingerprint density at radius 2 is 2.31 bits per heavy atom. The second-order valence-corrected chi connectivity index (χ2v) is 3.02. The molecule has 1 aliphatic rings. The summed E-state index contributed by atoms with van der Waals surface area (Å²) in [5, 5.41) is 0. The molecule has 0 aliphatic carbocycles. The lowest BCUT2D eigenvalue weighted by Gasteiger charge is -2.29. The lowest BCUT2D eigenvalue weighted by molar-refractivity contribution is 0.308. The molecule has 70 valence electrons. The molecule has 0 saturated carbocycles. The van der Waals surface area contributed by atoms with Gasteiger partial charge in [-0.05, 0) is 12.1 Å². The van der Waals surface area contributed by atoms with Crippen LogP contribution in [0.1, 0.15) is 0 Å². The molecule has 0 spiro atoms. The lowest BCUT2D eigenvalue weighted by Crippen LogP contribution is -2.36. The average Bonchev–Trinajstić information content (AvgIpc) is 2.16. The summed E-state index contributed by atoms with van der Waals surface area (Å²) in [5.41, 5.74) is 13.0. The van der Waals surface area contributed by atoms with Gasteiger partial charge in [0.1, 0.15) is 12.4 Å². The van der Waals surface area contributed by atoms with E-state index in [2.05, 4.69) is 4.90 Å². The van der Waals surface area contributed by atoms with Crippen molar-refractivity contribution in [2.24, 2.45) is 5.73 Å². The Bertz CT molecular complexity index is 314. The fraction of sp³-hybridized carbons (Fsp3) is 0.333. The zero-order chi connectivity index (χ0) is 9.26. The molecular formula is C9H13N3O. The lowest BCUT2D eigenvalue weighted by atomic mass is 10.2. The summed E-state index contributed by atoms with van der Waals surface area (Å²) in [4.78, 5) is 2.07. The van der Waals surface area contributed by atoms with Gasteiger partial charge >= 0.3 is 0 Å². The zero-order valence-corrected chi connectivity index (χ0v) is 7.36. The second-order valence-electron chi connectivity index (χ2n) is 3.02. The highest BCUT2D eigenvalue weighted by atomic mass is 16.5. The first-order valence-corrected chi connectivity index (χ1v) is 4.28. The highest BCUT2D eigenvalue weighted by Crippen LogP contribution is 2.32. The van der Waals surface area contributed by atoms with Gasteiger partial charge < -0.3 is 21.1 Å². The maximum absolute atomic E-state index is 5.64. The molecule has 2 rings (SSSR count). The number of nitrogen functional groups attached to an aromatic ring is 1. The molecule has 1 aliphatic heterocycles. The molecular weight excluding hydrogens is 166 g/mol. The van der Waals surface area contributed by atoms with Crippen LogP contribution in [0.5, 0.6) is 5.75 Å². The molecule has 0 aromatic heterocycles. The quantitative estimate of drug-likeness (QED) is 0.612. The minimum atomic E-state index is 0.514. The van der Waals surface area contributed by atoms with Crippen molar-refractivity contribution in [1.29, 1.82) is 0 Å². The van der Waals surface area contributed by atoms with E-state index >= 15 is 0 Å². The van der Waals surface area contributed by atoms with Gasteiger partial charge in [-0.2, -0.15) is 0 Å². The van der Waals surface area contributed by atoms with E-state index in [9.17, 15) is 0 Å². The minimum absolute atomic E-state index is 0.514. The fourth-order valence-corrected chi connectivity index (χ4v) is 1.48. The summed E-state index contributed by atoms with van der Waals surface area (Å²) in [6.45, 7) is 2.03. The minimum Gasteiger partial charge on any atom is -0.489 e. The van der Waals surface area contributed by atoms with Gasteiger partial charge in [-0.25, -0.2) is 0 Å². The number of ether oxygens (including phenoxy) is 1. The number of anilines is 2. The highest BCUT2D eigenvalue weighted by Gasteiger charge is 2.16. The van der Waals surface area contributed by atoms with Crippen molar-refractivity contribution in [2.75, 3.05) is 30.5 Å². The molecule has 0 saturated heterocycles. The van der Waals surface area contributed by atoms with Crippen LogP contribution in [0.2, 0.25) is 0 Å². The van der Waals surface area contributed by atoms with Gasteiger partial charge in [0, 0.05) is 11.8 Å². The van der Waals surface area contributed by atoms with Crippen LogP contribution in [-0.2, 0) is 0 Å². The van der Waals surface area contributed by atoms with Crippen LogP contribution in [0.4, 0.5) is 11.4 Å². The number of benzene rings is 1. The second kappa shape index (κ2) is 3.14. The first kappa shape index (κ1) is 8.19. The fourth-order valence-electron chi connectivity index (χ4n) is 1.48. The summed E-state index contributed by atoms with van der Waals surface area (Å²) in [7, 11) is 0. The number of fused-ring (bicyclic) bond motifs is 1. The van der Waals surface area contributed by atoms with Crippen molar-refractivity contribution in [3.8, 4) is 5.75 Å². The van der Waals surface area contributed by atoms with Gasteiger partial charge in [0.25, 0.3) is 0 Å². The Hall–Kier alpha value is -1.42. The molecule has 0 bridgehead atoms. The van der Waals surface area contributed by atoms with Gasteiger partial charge in [0.05, 0.1) is 18.9 Å². The van der Waals surface area contributed by atoms with E-state index < -0.39 is 0 Å². The van der Waals surface area contributed by atoms with Crippen LogP contribution in [0, 0.1) is 0 Å². The summed E-state index contributed by atoms with van der Waals surface area (Å²) in [6, 6.07) is 5.63. The predicted molar refractivity (Wildman–Crippen MR) is 52.7 cm³/mol. The third-order valence-corrected chi connectivity index (χ3v) is 2.16. The predicted octanol–water partition coefficient (Wildman–Crippen LogP) is 0.384. The van der Waals surface area contributed by atoms with Crippen LogP contribution >= 0.6 is 0 Å². The van der Waals surface area contributed by atoms with E-state index in [0.717, 1.165) is 23.7 Å². The molecule has 1 aromatic carbocycles. The highest BCUT2D eigenvalue weighted by molar-refractivity contribution is 5.64. The SMILES string of the molecule is NCN1CCOc2cc(N)ccc21. The summed E-state index contributed by atoms with van der Waals surface area (Å²) in [6.07, 6.45) is 0. The summed E-state index contributed by atoms with van der Waals surface area (Å²) >= 11 is 0. The standard InChI is InChI=1S/C9H13N3O/c10-6-12-3-4-13-9-5-7(11)1-2-8(9)12/h1-2,5H,3-4,6,10-11H2. The maximum atomic E-state index is 5.64. The number of hydrogen-bond donors (Lipinski definition) is 2. The van der Waals surface area contributed by atoms with E-state index in [0.29, 0.717) is 13.3 Å². The number of rotatable bonds is 1. The van der Waals surface area contributed by atoms with Crippen LogP contribution < -0.4 is 21.1 Å². The molecule has 0 unspecified atom stereocenters. The molecule has 4 nitrogen and oxygen atoms in total. The molecule has 0 atom stereocenters. The molecule has 0 fully saturated rings. The Morgan fingerprint density at radius 3 is 3.08 bits per heavy atom. The first-order valence-electron chi connectivity index (χ1n) is 4.28. The van der Waals surface area contributed by atoms with Gasteiger partial charge in [0.2, 0.25) is 0 Å². The van der Waals surface area contributed by atoms with Gasteiger partial charge in [-0.15, -0.1) is 0 Å². The van der Waals surface area contributed by atoms with Gasteiger partial charge in [-0.3, -0.25) is 0 Å². The van der Waals surface area contributed by atoms with Gasteiger partial charge in [-0.1, -0.05) is 0 Å². The molecule has 0 amide bonds. The monoisotopic (exact) mass is 179 g/mol. The van der Waals surface area contributed by atoms with E-state index in [1.807, 2.05) is 18.2 Å². The van der Waals surface area contributed by atoms with Crippen molar-refractivity contribution in [2.45, 2.75) is 0 Å². The molecule has 1 aromatic rings. The van der Waals surface area contributed by atoms with Crippen molar-refractivity contribution in [1.82, 2.24) is 0 Å².